The van der Waals surface area contributed by atoms with Crippen molar-refractivity contribution in [3.63, 3.8) is 0 Å². The van der Waals surface area contributed by atoms with E-state index < -0.39 is 0 Å². The highest BCUT2D eigenvalue weighted by molar-refractivity contribution is 14.1. The van der Waals surface area contributed by atoms with Gasteiger partial charge in [-0.15, -0.1) is 11.6 Å². The second kappa shape index (κ2) is 6.21. The first kappa shape index (κ1) is 14.1. The maximum Gasteiger partial charge on any atom is 0.255 e. The summed E-state index contributed by atoms with van der Waals surface area (Å²) in [5.41, 5.74) is 0.750. The van der Waals surface area contributed by atoms with Crippen molar-refractivity contribution in [1.82, 2.24) is 4.90 Å². The molecule has 1 aromatic rings. The zero-order valence-electron chi connectivity index (χ0n) is 10.1. The second-order valence-electron chi connectivity index (χ2n) is 4.40. The monoisotopic (exact) mass is 379 g/mol. The van der Waals surface area contributed by atoms with Gasteiger partial charge in [0.2, 0.25) is 0 Å². The van der Waals surface area contributed by atoms with Crippen molar-refractivity contribution in [2.75, 3.05) is 19.0 Å². The smallest absolute Gasteiger partial charge is 0.255 e. The summed E-state index contributed by atoms with van der Waals surface area (Å²) in [4.78, 5) is 14.4. The third kappa shape index (κ3) is 2.97. The second-order valence-corrected chi connectivity index (χ2v) is 5.87. The molecule has 2 unspecified atom stereocenters. The van der Waals surface area contributed by atoms with Crippen LogP contribution < -0.4 is 0 Å². The van der Waals surface area contributed by atoms with Gasteiger partial charge in [0.25, 0.3) is 5.91 Å². The van der Waals surface area contributed by atoms with Crippen LogP contribution in [-0.4, -0.2) is 42.0 Å². The summed E-state index contributed by atoms with van der Waals surface area (Å²) >= 11 is 8.00. The van der Waals surface area contributed by atoms with Crippen LogP contribution in [0, 0.1) is 3.57 Å². The first-order valence-electron chi connectivity index (χ1n) is 5.86. The fourth-order valence-electron chi connectivity index (χ4n) is 1.98. The molecule has 0 saturated carbocycles. The average Bonchev–Trinajstić information content (AvgIpc) is 2.39. The molecule has 5 heteroatoms. The molecule has 1 aromatic carbocycles. The Kier molecular flexibility index (Phi) is 4.86. The number of nitrogens with zero attached hydrogens (tertiary/aromatic N) is 1. The molecule has 1 aliphatic heterocycles. The van der Waals surface area contributed by atoms with E-state index in [9.17, 15) is 4.79 Å². The van der Waals surface area contributed by atoms with E-state index in [-0.39, 0.29) is 18.1 Å². The summed E-state index contributed by atoms with van der Waals surface area (Å²) in [6, 6.07) is 7.72. The molecule has 98 valence electrons. The number of benzene rings is 1. The third-order valence-electron chi connectivity index (χ3n) is 3.04. The Morgan fingerprint density at radius 3 is 2.94 bits per heavy atom. The van der Waals surface area contributed by atoms with Crippen molar-refractivity contribution in [1.29, 1.82) is 0 Å². The first-order valence-corrected chi connectivity index (χ1v) is 7.48. The maximum absolute atomic E-state index is 12.5. The summed E-state index contributed by atoms with van der Waals surface area (Å²) in [7, 11) is 0. The number of carbonyl (C=O) groups excluding carboxylic acids is 1. The number of amides is 1. The van der Waals surface area contributed by atoms with Gasteiger partial charge < -0.3 is 9.64 Å². The number of carbonyl (C=O) groups is 1. The van der Waals surface area contributed by atoms with E-state index in [0.29, 0.717) is 19.0 Å². The highest BCUT2D eigenvalue weighted by atomic mass is 127. The predicted molar refractivity (Wildman–Crippen MR) is 80.1 cm³/mol. The zero-order chi connectivity index (χ0) is 13.1. The molecule has 18 heavy (non-hydrogen) atoms. The Morgan fingerprint density at radius 2 is 2.28 bits per heavy atom. The minimum absolute atomic E-state index is 0.0610. The van der Waals surface area contributed by atoms with E-state index >= 15 is 0 Å². The van der Waals surface area contributed by atoms with Crippen LogP contribution in [0.5, 0.6) is 0 Å². The maximum atomic E-state index is 12.5. The van der Waals surface area contributed by atoms with Crippen LogP contribution in [0.4, 0.5) is 0 Å². The Bertz CT molecular complexity index is 441. The molecule has 1 aliphatic rings. The van der Waals surface area contributed by atoms with Gasteiger partial charge in [0.1, 0.15) is 0 Å². The Morgan fingerprint density at radius 1 is 1.56 bits per heavy atom. The Hall–Kier alpha value is -0.330. The number of hydrogen-bond acceptors (Lipinski definition) is 2. The molecule has 0 aliphatic carbocycles. The highest BCUT2D eigenvalue weighted by Gasteiger charge is 2.30. The van der Waals surface area contributed by atoms with Crippen molar-refractivity contribution < 1.29 is 9.53 Å². The van der Waals surface area contributed by atoms with Crippen molar-refractivity contribution in [2.24, 2.45) is 0 Å². The standard InChI is InChI=1S/C13H15ClINO2/c1-9-8-18-10(6-14)7-16(9)13(17)11-4-2-3-5-12(11)15/h2-5,9-10H,6-8H2,1H3. The Balaban J connectivity index is 2.19. The topological polar surface area (TPSA) is 29.5 Å². The van der Waals surface area contributed by atoms with E-state index in [1.54, 1.807) is 0 Å². The van der Waals surface area contributed by atoms with Crippen LogP contribution in [0.2, 0.25) is 0 Å². The Labute approximate surface area is 126 Å². The number of hydrogen-bond donors (Lipinski definition) is 0. The van der Waals surface area contributed by atoms with E-state index in [0.717, 1.165) is 9.13 Å². The van der Waals surface area contributed by atoms with E-state index in [1.807, 2.05) is 36.1 Å². The van der Waals surface area contributed by atoms with Crippen LogP contribution in [0.1, 0.15) is 17.3 Å². The third-order valence-corrected chi connectivity index (χ3v) is 4.33. The molecule has 0 bridgehead atoms. The summed E-state index contributed by atoms with van der Waals surface area (Å²) < 4.78 is 6.53. The van der Waals surface area contributed by atoms with E-state index in [1.165, 1.54) is 0 Å². The molecule has 0 radical (unpaired) electrons. The van der Waals surface area contributed by atoms with Crippen LogP contribution in [0.25, 0.3) is 0 Å². The lowest BCUT2D eigenvalue weighted by Crippen LogP contribution is -2.51. The van der Waals surface area contributed by atoms with Gasteiger partial charge in [0.15, 0.2) is 0 Å². The summed E-state index contributed by atoms with van der Waals surface area (Å²) in [6.07, 6.45) is -0.0619. The normalized spacial score (nSPS) is 24.1. The van der Waals surface area contributed by atoms with Crippen molar-refractivity contribution in [3.8, 4) is 0 Å². The molecule has 1 fully saturated rings. The van der Waals surface area contributed by atoms with Gasteiger partial charge in [-0.25, -0.2) is 0 Å². The molecule has 0 spiro atoms. The van der Waals surface area contributed by atoms with Crippen molar-refractivity contribution in [3.05, 3.63) is 33.4 Å². The largest absolute Gasteiger partial charge is 0.373 e. The molecule has 0 N–H and O–H groups in total. The lowest BCUT2D eigenvalue weighted by Gasteiger charge is -2.37. The summed E-state index contributed by atoms with van der Waals surface area (Å²) in [6.45, 7) is 3.11. The zero-order valence-corrected chi connectivity index (χ0v) is 13.0. The van der Waals surface area contributed by atoms with E-state index in [4.69, 9.17) is 16.3 Å². The molecule has 1 heterocycles. The van der Waals surface area contributed by atoms with Crippen LogP contribution >= 0.6 is 34.2 Å². The SMILES string of the molecule is CC1COC(CCl)CN1C(=O)c1ccccc1I. The molecular formula is C13H15ClINO2. The highest BCUT2D eigenvalue weighted by Crippen LogP contribution is 2.19. The quantitative estimate of drug-likeness (QED) is 0.584. The molecule has 3 nitrogen and oxygen atoms in total. The molecule has 0 aromatic heterocycles. The average molecular weight is 380 g/mol. The summed E-state index contributed by atoms with van der Waals surface area (Å²) in [5, 5.41) is 0. The van der Waals surface area contributed by atoms with E-state index in [2.05, 4.69) is 22.6 Å². The van der Waals surface area contributed by atoms with Gasteiger partial charge >= 0.3 is 0 Å². The minimum Gasteiger partial charge on any atom is -0.373 e. The molecule has 2 atom stereocenters. The fourth-order valence-corrected chi connectivity index (χ4v) is 2.79. The number of ether oxygens (including phenoxy) is 1. The minimum atomic E-state index is -0.0619. The van der Waals surface area contributed by atoms with Gasteiger partial charge in [-0.1, -0.05) is 12.1 Å². The fraction of sp³-hybridized carbons (Fsp3) is 0.462. The predicted octanol–water partition coefficient (Wildman–Crippen LogP) is 2.76. The molecule has 1 saturated heterocycles. The van der Waals surface area contributed by atoms with Gasteiger partial charge in [-0.3, -0.25) is 4.79 Å². The van der Waals surface area contributed by atoms with Gasteiger partial charge in [-0.05, 0) is 41.6 Å². The number of alkyl halides is 1. The molecular weight excluding hydrogens is 365 g/mol. The number of rotatable bonds is 2. The van der Waals surface area contributed by atoms with Gasteiger partial charge in [0, 0.05) is 10.1 Å². The first-order chi connectivity index (χ1) is 8.63. The lowest BCUT2D eigenvalue weighted by atomic mass is 10.1. The van der Waals surface area contributed by atoms with Crippen LogP contribution in [0.3, 0.4) is 0 Å². The lowest BCUT2D eigenvalue weighted by molar-refractivity contribution is -0.0372. The van der Waals surface area contributed by atoms with Gasteiger partial charge in [0.05, 0.1) is 30.2 Å². The number of morpholine rings is 1. The van der Waals surface area contributed by atoms with Crippen molar-refractivity contribution in [2.45, 2.75) is 19.1 Å². The van der Waals surface area contributed by atoms with Crippen molar-refractivity contribution >= 4 is 40.1 Å². The molecule has 2 rings (SSSR count). The van der Waals surface area contributed by atoms with Crippen LogP contribution in [-0.2, 0) is 4.74 Å². The number of halogens is 2. The molecule has 1 amide bonds. The van der Waals surface area contributed by atoms with Gasteiger partial charge in [-0.2, -0.15) is 0 Å². The van der Waals surface area contributed by atoms with Crippen LogP contribution in [0.15, 0.2) is 24.3 Å². The summed E-state index contributed by atoms with van der Waals surface area (Å²) in [5.74, 6) is 0.480.